The lowest BCUT2D eigenvalue weighted by Gasteiger charge is -2.11. The number of alkyl halides is 3. The number of nitrogens with one attached hydrogen (secondary N) is 1. The monoisotopic (exact) mass is 507 g/mol. The molecule has 0 saturated carbocycles. The number of halogens is 4. The summed E-state index contributed by atoms with van der Waals surface area (Å²) in [7, 11) is 1.40. The van der Waals surface area contributed by atoms with E-state index in [9.17, 15) is 33.2 Å². The second kappa shape index (κ2) is 8.76. The number of carbonyl (C=O) groups excluding carboxylic acids is 1. The molecule has 4 aromatic rings. The Bertz CT molecular complexity index is 1490. The molecular formula is C21H13ClF3N5O5. The Hall–Kier alpha value is -4.39. The van der Waals surface area contributed by atoms with Gasteiger partial charge in [0.05, 0.1) is 29.5 Å². The van der Waals surface area contributed by atoms with E-state index in [0.717, 1.165) is 24.3 Å². The maximum absolute atomic E-state index is 13.9. The van der Waals surface area contributed by atoms with Gasteiger partial charge in [-0.1, -0.05) is 23.7 Å². The third-order valence-electron chi connectivity index (χ3n) is 4.84. The number of carbonyl (C=O) groups is 1. The topological polar surface area (TPSA) is 132 Å². The lowest BCUT2D eigenvalue weighted by Crippen LogP contribution is -2.16. The van der Waals surface area contributed by atoms with Crippen LogP contribution in [0, 0.1) is 10.1 Å². The van der Waals surface area contributed by atoms with Gasteiger partial charge < -0.3 is 15.2 Å². The van der Waals surface area contributed by atoms with Gasteiger partial charge in [-0.05, 0) is 24.3 Å². The van der Waals surface area contributed by atoms with Crippen LogP contribution < -0.4 is 10.1 Å². The number of benzene rings is 2. The molecule has 180 valence electrons. The minimum absolute atomic E-state index is 0.0921. The van der Waals surface area contributed by atoms with E-state index in [2.05, 4.69) is 15.4 Å². The van der Waals surface area contributed by atoms with Gasteiger partial charge in [0.15, 0.2) is 17.0 Å². The lowest BCUT2D eigenvalue weighted by molar-refractivity contribution is -0.384. The van der Waals surface area contributed by atoms with E-state index >= 15 is 0 Å². The molecule has 0 radical (unpaired) electrons. The van der Waals surface area contributed by atoms with E-state index in [1.807, 2.05) is 0 Å². The summed E-state index contributed by atoms with van der Waals surface area (Å²) in [4.78, 5) is 26.9. The number of ether oxygens (including phenoxy) is 1. The summed E-state index contributed by atoms with van der Waals surface area (Å²) >= 11 is 6.21. The molecule has 0 aliphatic rings. The van der Waals surface area contributed by atoms with Crippen molar-refractivity contribution in [1.29, 1.82) is 0 Å². The molecule has 2 heterocycles. The van der Waals surface area contributed by atoms with Gasteiger partial charge in [-0.25, -0.2) is 9.50 Å². The van der Waals surface area contributed by atoms with Gasteiger partial charge in [0.25, 0.3) is 11.6 Å². The van der Waals surface area contributed by atoms with Gasteiger partial charge in [0.2, 0.25) is 0 Å². The molecule has 0 fully saturated rings. The van der Waals surface area contributed by atoms with Crippen LogP contribution in [-0.4, -0.2) is 37.6 Å². The van der Waals surface area contributed by atoms with Crippen molar-refractivity contribution in [3.63, 3.8) is 0 Å². The molecule has 1 amide bonds. The van der Waals surface area contributed by atoms with Gasteiger partial charge in [0.1, 0.15) is 16.5 Å². The third-order valence-corrected chi connectivity index (χ3v) is 5.19. The predicted octanol–water partition coefficient (Wildman–Crippen LogP) is 4.94. The highest BCUT2D eigenvalue weighted by Crippen LogP contribution is 2.35. The molecule has 14 heteroatoms. The van der Waals surface area contributed by atoms with Gasteiger partial charge in [-0.3, -0.25) is 14.9 Å². The quantitative estimate of drug-likeness (QED) is 0.222. The van der Waals surface area contributed by atoms with Crippen LogP contribution in [-0.2, 0) is 6.18 Å². The summed E-state index contributed by atoms with van der Waals surface area (Å²) in [5.41, 5.74) is -2.74. The van der Waals surface area contributed by atoms with Crippen molar-refractivity contribution in [1.82, 2.24) is 14.6 Å². The minimum atomic E-state index is -4.88. The molecule has 2 aromatic carbocycles. The van der Waals surface area contributed by atoms with E-state index in [4.69, 9.17) is 16.3 Å². The SMILES string of the molecule is COc1cccc(-c2cc(C(F)(F)F)n3nc(C(=O)Nc4ccc([N+](=O)[O-])cc4O)c(Cl)c3n2)c1. The number of anilines is 1. The van der Waals surface area contributed by atoms with Gasteiger partial charge in [-0.2, -0.15) is 18.3 Å². The lowest BCUT2D eigenvalue weighted by atomic mass is 10.1. The standard InChI is InChI=1S/C21H13ClF3N5O5/c1-35-12-4-2-3-10(7-12)14-9-16(21(23,24)25)29-19(26-14)17(22)18(28-29)20(32)27-13-6-5-11(30(33)34)8-15(13)31/h2-9,31H,1H3,(H,27,32). The van der Waals surface area contributed by atoms with Crippen molar-refractivity contribution >= 4 is 34.5 Å². The van der Waals surface area contributed by atoms with Crippen molar-refractivity contribution in [2.24, 2.45) is 0 Å². The maximum atomic E-state index is 13.9. The molecule has 0 aliphatic carbocycles. The summed E-state index contributed by atoms with van der Waals surface area (Å²) in [5, 5.41) is 26.2. The van der Waals surface area contributed by atoms with E-state index < -0.39 is 50.5 Å². The van der Waals surface area contributed by atoms with Crippen molar-refractivity contribution in [2.75, 3.05) is 12.4 Å². The van der Waals surface area contributed by atoms with Gasteiger partial charge in [-0.15, -0.1) is 0 Å². The molecule has 2 aromatic heterocycles. The summed E-state index contributed by atoms with van der Waals surface area (Å²) in [6.45, 7) is 0. The van der Waals surface area contributed by atoms with E-state index in [1.54, 1.807) is 12.1 Å². The Balaban J connectivity index is 1.81. The second-order valence-corrected chi connectivity index (χ2v) is 7.44. The highest BCUT2D eigenvalue weighted by atomic mass is 35.5. The number of non-ortho nitro benzene ring substituents is 1. The van der Waals surface area contributed by atoms with E-state index in [-0.39, 0.29) is 11.4 Å². The highest BCUT2D eigenvalue weighted by molar-refractivity contribution is 6.37. The van der Waals surface area contributed by atoms with Crippen LogP contribution in [0.2, 0.25) is 5.02 Å². The molecule has 4 rings (SSSR count). The molecule has 0 unspecified atom stereocenters. The Morgan fingerprint density at radius 2 is 1.97 bits per heavy atom. The van der Waals surface area contributed by atoms with Crippen LogP contribution in [0.15, 0.2) is 48.5 Å². The fourth-order valence-corrected chi connectivity index (χ4v) is 3.44. The average molecular weight is 508 g/mol. The number of nitro benzene ring substituents is 1. The number of phenolic OH excluding ortho intramolecular Hbond substituents is 1. The number of nitro groups is 1. The third kappa shape index (κ3) is 4.53. The number of nitrogens with zero attached hydrogens (tertiary/aromatic N) is 4. The first-order chi connectivity index (χ1) is 16.5. The zero-order valence-electron chi connectivity index (χ0n) is 17.5. The van der Waals surface area contributed by atoms with Crippen LogP contribution >= 0.6 is 11.6 Å². The molecule has 2 N–H and O–H groups in total. The second-order valence-electron chi connectivity index (χ2n) is 7.07. The highest BCUT2D eigenvalue weighted by Gasteiger charge is 2.37. The van der Waals surface area contributed by atoms with Crippen molar-refractivity contribution in [2.45, 2.75) is 6.18 Å². The number of aromatic hydroxyl groups is 1. The minimum Gasteiger partial charge on any atom is -0.506 e. The molecular weight excluding hydrogens is 495 g/mol. The van der Waals surface area contributed by atoms with E-state index in [0.29, 0.717) is 15.8 Å². The predicted molar refractivity (Wildman–Crippen MR) is 118 cm³/mol. The number of rotatable bonds is 5. The van der Waals surface area contributed by atoms with Crippen LogP contribution in [0.3, 0.4) is 0 Å². The largest absolute Gasteiger partial charge is 0.506 e. The van der Waals surface area contributed by atoms with Crippen LogP contribution in [0.1, 0.15) is 16.2 Å². The first-order valence-corrected chi connectivity index (χ1v) is 9.97. The van der Waals surface area contributed by atoms with Crippen LogP contribution in [0.4, 0.5) is 24.5 Å². The number of aromatic nitrogens is 3. The zero-order chi connectivity index (χ0) is 25.5. The van der Waals surface area contributed by atoms with Crippen LogP contribution in [0.25, 0.3) is 16.9 Å². The number of phenols is 1. The number of amides is 1. The molecule has 0 aliphatic heterocycles. The first kappa shape index (κ1) is 23.8. The van der Waals surface area contributed by atoms with Crippen molar-refractivity contribution < 1.29 is 32.7 Å². The number of hydrogen-bond acceptors (Lipinski definition) is 7. The normalized spacial score (nSPS) is 11.5. The molecule has 0 saturated heterocycles. The molecule has 10 nitrogen and oxygen atoms in total. The van der Waals surface area contributed by atoms with Gasteiger partial charge in [0, 0.05) is 11.6 Å². The Morgan fingerprint density at radius 1 is 1.23 bits per heavy atom. The number of fused-ring (bicyclic) bond motifs is 1. The average Bonchev–Trinajstić information content (AvgIpc) is 3.15. The fourth-order valence-electron chi connectivity index (χ4n) is 3.19. The van der Waals surface area contributed by atoms with Crippen molar-refractivity contribution in [3.05, 3.63) is 75.1 Å². The Labute approximate surface area is 198 Å². The molecule has 35 heavy (non-hydrogen) atoms. The number of hydrogen-bond donors (Lipinski definition) is 2. The van der Waals surface area contributed by atoms with Crippen molar-refractivity contribution in [3.8, 4) is 22.8 Å². The summed E-state index contributed by atoms with van der Waals surface area (Å²) in [5.74, 6) is -1.32. The first-order valence-electron chi connectivity index (χ1n) is 9.59. The van der Waals surface area contributed by atoms with Crippen LogP contribution in [0.5, 0.6) is 11.5 Å². The Kier molecular flexibility index (Phi) is 5.94. The van der Waals surface area contributed by atoms with Gasteiger partial charge >= 0.3 is 6.18 Å². The molecule has 0 spiro atoms. The Morgan fingerprint density at radius 3 is 2.60 bits per heavy atom. The molecule has 0 atom stereocenters. The summed E-state index contributed by atoms with van der Waals surface area (Å²) in [6, 6.07) is 9.81. The fraction of sp³-hybridized carbons (Fsp3) is 0.0952. The number of methoxy groups -OCH3 is 1. The molecule has 0 bridgehead atoms. The van der Waals surface area contributed by atoms with E-state index in [1.165, 1.54) is 19.2 Å². The summed E-state index contributed by atoms with van der Waals surface area (Å²) in [6.07, 6.45) is -4.88. The maximum Gasteiger partial charge on any atom is 0.433 e. The summed E-state index contributed by atoms with van der Waals surface area (Å²) < 4.78 is 47.1. The smallest absolute Gasteiger partial charge is 0.433 e. The zero-order valence-corrected chi connectivity index (χ0v) is 18.3.